The number of nitrogens with zero attached hydrogens (tertiary/aromatic N) is 3. The summed E-state index contributed by atoms with van der Waals surface area (Å²) in [7, 11) is 0. The molecule has 0 radical (unpaired) electrons. The molecule has 2 aromatic carbocycles. The number of ether oxygens (including phenoxy) is 1. The van der Waals surface area contributed by atoms with Gasteiger partial charge in [0.2, 0.25) is 6.10 Å². The first-order valence-corrected chi connectivity index (χ1v) is 11.3. The first-order chi connectivity index (χ1) is 16.2. The second-order valence-corrected chi connectivity index (χ2v) is 8.42. The van der Waals surface area contributed by atoms with Gasteiger partial charge in [0.15, 0.2) is 0 Å². The predicted molar refractivity (Wildman–Crippen MR) is 123 cm³/mol. The highest BCUT2D eigenvalue weighted by Gasteiger charge is 2.25. The third kappa shape index (κ3) is 4.53. The number of nitrogens with one attached hydrogen (secondary N) is 1. The minimum atomic E-state index is -1.03. The molecule has 1 aliphatic carbocycles. The lowest BCUT2D eigenvalue weighted by Gasteiger charge is -2.22. The lowest BCUT2D eigenvalue weighted by atomic mass is 9.89. The minimum Gasteiger partial charge on any atom is -0.478 e. The van der Waals surface area contributed by atoms with Gasteiger partial charge in [-0.1, -0.05) is 42.5 Å². The van der Waals surface area contributed by atoms with E-state index in [2.05, 4.69) is 33.5 Å². The first kappa shape index (κ1) is 21.0. The van der Waals surface area contributed by atoms with Gasteiger partial charge in [-0.2, -0.15) is 10.2 Å². The number of benzene rings is 2. The summed E-state index contributed by atoms with van der Waals surface area (Å²) >= 11 is 0. The summed E-state index contributed by atoms with van der Waals surface area (Å²) in [5.74, 6) is -0.383. The molecule has 0 aliphatic heterocycles. The van der Waals surface area contributed by atoms with E-state index < -0.39 is 12.1 Å². The molecular weight excluding hydrogens is 416 g/mol. The summed E-state index contributed by atoms with van der Waals surface area (Å²) in [6, 6.07) is 16.0. The molecule has 5 rings (SSSR count). The number of carboxylic acids is 1. The third-order valence-electron chi connectivity index (χ3n) is 6.22. The van der Waals surface area contributed by atoms with E-state index in [1.54, 1.807) is 17.1 Å². The maximum Gasteiger partial charge on any atom is 0.346 e. The summed E-state index contributed by atoms with van der Waals surface area (Å²) < 4.78 is 7.68. The van der Waals surface area contributed by atoms with Gasteiger partial charge in [-0.25, -0.2) is 4.79 Å². The molecule has 4 aromatic rings. The maximum atomic E-state index is 12.0. The van der Waals surface area contributed by atoms with Crippen molar-refractivity contribution in [2.75, 3.05) is 0 Å². The summed E-state index contributed by atoms with van der Waals surface area (Å²) in [6.07, 6.45) is 10.5. The SMILES string of the molecule is O=C(O)C(Cn1cc(C(c2ccccc2)c2cn[nH]c2)cn1)Oc1cccc2c1CCCC2. The molecule has 0 amide bonds. The quantitative estimate of drug-likeness (QED) is 0.427. The molecule has 0 bridgehead atoms. The largest absolute Gasteiger partial charge is 0.478 e. The van der Waals surface area contributed by atoms with Crippen LogP contribution in [0.15, 0.2) is 73.3 Å². The molecule has 0 saturated heterocycles. The van der Waals surface area contributed by atoms with Crippen LogP contribution in [0.2, 0.25) is 0 Å². The number of hydrogen-bond acceptors (Lipinski definition) is 4. The van der Waals surface area contributed by atoms with Crippen molar-refractivity contribution in [3.8, 4) is 5.75 Å². The highest BCUT2D eigenvalue weighted by molar-refractivity contribution is 5.72. The van der Waals surface area contributed by atoms with Crippen LogP contribution >= 0.6 is 0 Å². The average molecular weight is 443 g/mol. The van der Waals surface area contributed by atoms with Crippen LogP contribution in [-0.2, 0) is 24.2 Å². The van der Waals surface area contributed by atoms with Gasteiger partial charge >= 0.3 is 5.97 Å². The fourth-order valence-corrected chi connectivity index (χ4v) is 4.62. The summed E-state index contributed by atoms with van der Waals surface area (Å²) in [4.78, 5) is 12.0. The van der Waals surface area contributed by atoms with E-state index in [0.29, 0.717) is 5.75 Å². The smallest absolute Gasteiger partial charge is 0.346 e. The lowest BCUT2D eigenvalue weighted by molar-refractivity contribution is -0.145. The predicted octanol–water partition coefficient (Wildman–Crippen LogP) is 4.20. The molecule has 1 aliphatic rings. The van der Waals surface area contributed by atoms with Gasteiger partial charge in [0.05, 0.1) is 18.9 Å². The number of carbonyl (C=O) groups is 1. The zero-order valence-electron chi connectivity index (χ0n) is 18.2. The Morgan fingerprint density at radius 3 is 2.67 bits per heavy atom. The Bertz CT molecular complexity index is 1220. The standard InChI is InChI=1S/C26H26N4O3/c31-26(32)24(33-23-12-6-10-18-7-4-5-11-22(18)23)17-30-16-21(15-29-30)25(20-13-27-28-14-20)19-8-2-1-3-9-19/h1-3,6,8-10,12-16,24-25H,4-5,7,11,17H2,(H,27,28)(H,31,32). The molecule has 7 heteroatoms. The Morgan fingerprint density at radius 1 is 1.03 bits per heavy atom. The van der Waals surface area contributed by atoms with Crippen molar-refractivity contribution in [1.82, 2.24) is 20.0 Å². The van der Waals surface area contributed by atoms with Gasteiger partial charge < -0.3 is 9.84 Å². The van der Waals surface area contributed by atoms with Gasteiger partial charge in [0.1, 0.15) is 5.75 Å². The van der Waals surface area contributed by atoms with E-state index in [9.17, 15) is 9.90 Å². The van der Waals surface area contributed by atoms with Gasteiger partial charge in [-0.05, 0) is 48.4 Å². The zero-order valence-corrected chi connectivity index (χ0v) is 18.2. The van der Waals surface area contributed by atoms with Crippen molar-refractivity contribution in [2.24, 2.45) is 0 Å². The van der Waals surface area contributed by atoms with Crippen molar-refractivity contribution in [1.29, 1.82) is 0 Å². The minimum absolute atomic E-state index is 0.0518. The molecule has 0 fully saturated rings. The van der Waals surface area contributed by atoms with Crippen molar-refractivity contribution in [3.63, 3.8) is 0 Å². The number of fused-ring (bicyclic) bond motifs is 1. The highest BCUT2D eigenvalue weighted by Crippen LogP contribution is 2.32. The van der Waals surface area contributed by atoms with Crippen LogP contribution in [0, 0.1) is 0 Å². The van der Waals surface area contributed by atoms with Gasteiger partial charge in [-0.3, -0.25) is 9.78 Å². The Morgan fingerprint density at radius 2 is 1.88 bits per heavy atom. The number of hydrogen-bond donors (Lipinski definition) is 2. The Kier molecular flexibility index (Phi) is 5.93. The van der Waals surface area contributed by atoms with E-state index in [1.165, 1.54) is 5.56 Å². The van der Waals surface area contributed by atoms with Crippen molar-refractivity contribution in [3.05, 3.63) is 101 Å². The highest BCUT2D eigenvalue weighted by atomic mass is 16.5. The topological polar surface area (TPSA) is 93.0 Å². The fourth-order valence-electron chi connectivity index (χ4n) is 4.62. The Labute approximate surface area is 192 Å². The van der Waals surface area contributed by atoms with Gasteiger partial charge in [0, 0.05) is 29.4 Å². The van der Waals surface area contributed by atoms with Crippen LogP contribution in [0.1, 0.15) is 46.6 Å². The molecule has 168 valence electrons. The van der Waals surface area contributed by atoms with Crippen LogP contribution in [0.5, 0.6) is 5.75 Å². The molecule has 0 saturated carbocycles. The normalized spacial score (nSPS) is 14.9. The number of rotatable bonds is 8. The second-order valence-electron chi connectivity index (χ2n) is 8.42. The van der Waals surface area contributed by atoms with Crippen LogP contribution in [0.4, 0.5) is 0 Å². The van der Waals surface area contributed by atoms with Crippen molar-refractivity contribution < 1.29 is 14.6 Å². The number of carboxylic acid groups (broad SMARTS) is 1. The zero-order chi connectivity index (χ0) is 22.6. The van der Waals surface area contributed by atoms with Crippen LogP contribution < -0.4 is 4.74 Å². The Balaban J connectivity index is 1.39. The van der Waals surface area contributed by atoms with Crippen molar-refractivity contribution >= 4 is 5.97 Å². The molecular formula is C26H26N4O3. The number of aromatic amines is 1. The third-order valence-corrected chi connectivity index (χ3v) is 6.22. The van der Waals surface area contributed by atoms with E-state index >= 15 is 0 Å². The van der Waals surface area contributed by atoms with E-state index in [0.717, 1.165) is 47.9 Å². The monoisotopic (exact) mass is 442 g/mol. The molecule has 2 heterocycles. The number of aliphatic carboxylic acids is 1. The van der Waals surface area contributed by atoms with Crippen molar-refractivity contribution in [2.45, 2.75) is 44.2 Å². The molecule has 33 heavy (non-hydrogen) atoms. The molecule has 0 spiro atoms. The van der Waals surface area contributed by atoms with Crippen LogP contribution in [-0.4, -0.2) is 37.2 Å². The number of H-pyrrole nitrogens is 1. The van der Waals surface area contributed by atoms with E-state index in [1.807, 2.05) is 42.7 Å². The van der Waals surface area contributed by atoms with Crippen LogP contribution in [0.25, 0.3) is 0 Å². The summed E-state index contributed by atoms with van der Waals surface area (Å²) in [5, 5.41) is 21.3. The van der Waals surface area contributed by atoms with Crippen LogP contribution in [0.3, 0.4) is 0 Å². The average Bonchev–Trinajstić information content (AvgIpc) is 3.53. The molecule has 7 nitrogen and oxygen atoms in total. The molecule has 2 unspecified atom stereocenters. The first-order valence-electron chi connectivity index (χ1n) is 11.3. The summed E-state index contributed by atoms with van der Waals surface area (Å²) in [6.45, 7) is 0.117. The Hall–Kier alpha value is -3.87. The van der Waals surface area contributed by atoms with E-state index in [-0.39, 0.29) is 12.5 Å². The maximum absolute atomic E-state index is 12.0. The fraction of sp³-hybridized carbons (Fsp3) is 0.269. The van der Waals surface area contributed by atoms with Gasteiger partial charge in [-0.15, -0.1) is 0 Å². The van der Waals surface area contributed by atoms with Gasteiger partial charge in [0.25, 0.3) is 0 Å². The van der Waals surface area contributed by atoms with E-state index in [4.69, 9.17) is 4.74 Å². The molecule has 2 aromatic heterocycles. The molecule has 2 N–H and O–H groups in total. The second kappa shape index (κ2) is 9.32. The number of aryl methyl sites for hydroxylation is 1. The molecule has 2 atom stereocenters. The summed E-state index contributed by atoms with van der Waals surface area (Å²) in [5.41, 5.74) is 5.49. The lowest BCUT2D eigenvalue weighted by Crippen LogP contribution is -2.32. The number of aromatic nitrogens is 4.